The molecule has 0 saturated heterocycles. The number of aliphatic hydroxyl groups excluding tert-OH is 1. The zero-order valence-corrected chi connectivity index (χ0v) is 17.7. The maximum Gasteiger partial charge on any atom is 0.227 e. The second-order valence-electron chi connectivity index (χ2n) is 8.40. The van der Waals surface area contributed by atoms with E-state index in [4.69, 9.17) is 9.97 Å². The summed E-state index contributed by atoms with van der Waals surface area (Å²) in [6, 6.07) is 0.278. The molecule has 3 N–H and O–H groups in total. The molecule has 2 aliphatic rings. The number of fused-ring (bicyclic) bond motifs is 1. The fourth-order valence-electron chi connectivity index (χ4n) is 3.78. The summed E-state index contributed by atoms with van der Waals surface area (Å²) in [4.78, 5) is 14.1. The largest absolute Gasteiger partial charge is 0.394 e. The summed E-state index contributed by atoms with van der Waals surface area (Å²) < 4.78 is 0. The quantitative estimate of drug-likeness (QED) is 0.633. The average Bonchev–Trinajstić information content (AvgIpc) is 3.09. The standard InChI is InChI=1S/C21H34N6O/c1-6-16(12-28)23-20-24-18(17-19(25-20)27(14-22-17)15(2)3)26(5)13-21(4)10-8-7-9-11-21/h7-10,15-16,22,28H,6,11-14H2,1-5H3,(H,23,24,25)/t16-,21?/m1/s1. The third-order valence-electron chi connectivity index (χ3n) is 5.53. The molecule has 1 aromatic rings. The van der Waals surface area contributed by atoms with Crippen LogP contribution in [0.3, 0.4) is 0 Å². The van der Waals surface area contributed by atoms with Gasteiger partial charge in [0.2, 0.25) is 5.95 Å². The first kappa shape index (κ1) is 20.5. The molecule has 1 aromatic heterocycles. The van der Waals surface area contributed by atoms with Gasteiger partial charge in [-0.2, -0.15) is 9.97 Å². The van der Waals surface area contributed by atoms with Crippen LogP contribution >= 0.6 is 0 Å². The van der Waals surface area contributed by atoms with E-state index in [2.05, 4.69) is 72.6 Å². The van der Waals surface area contributed by atoms with Gasteiger partial charge in [0.1, 0.15) is 5.69 Å². The molecular formula is C21H34N6O. The Balaban J connectivity index is 1.94. The monoisotopic (exact) mass is 386 g/mol. The van der Waals surface area contributed by atoms with Crippen LogP contribution in [0.4, 0.5) is 23.3 Å². The number of hydrogen-bond acceptors (Lipinski definition) is 7. The van der Waals surface area contributed by atoms with Gasteiger partial charge in [0.25, 0.3) is 0 Å². The number of aromatic nitrogens is 2. The predicted molar refractivity (Wildman–Crippen MR) is 117 cm³/mol. The molecule has 0 amide bonds. The molecule has 7 heteroatoms. The molecule has 1 aliphatic carbocycles. The van der Waals surface area contributed by atoms with Crippen molar-refractivity contribution in [1.82, 2.24) is 9.97 Å². The van der Waals surface area contributed by atoms with E-state index >= 15 is 0 Å². The number of allylic oxidation sites excluding steroid dienone is 3. The van der Waals surface area contributed by atoms with E-state index in [1.54, 1.807) is 0 Å². The first-order chi connectivity index (χ1) is 13.4. The lowest BCUT2D eigenvalue weighted by Gasteiger charge is -2.33. The molecule has 0 saturated carbocycles. The topological polar surface area (TPSA) is 76.5 Å². The summed E-state index contributed by atoms with van der Waals surface area (Å²) in [7, 11) is 2.09. The highest BCUT2D eigenvalue weighted by atomic mass is 16.3. The maximum atomic E-state index is 9.58. The van der Waals surface area contributed by atoms with Crippen molar-refractivity contribution in [1.29, 1.82) is 0 Å². The molecule has 0 fully saturated rings. The third kappa shape index (κ3) is 4.24. The SMILES string of the molecule is CC[C@H](CO)Nc1nc(N(C)CC2(C)C=CC=CC2)c2c(n1)N(C(C)C)CN2. The Kier molecular flexibility index (Phi) is 6.13. The fraction of sp³-hybridized carbons (Fsp3) is 0.619. The van der Waals surface area contributed by atoms with Gasteiger partial charge < -0.3 is 25.5 Å². The molecule has 0 radical (unpaired) electrons. The highest BCUT2D eigenvalue weighted by Crippen LogP contribution is 2.40. The van der Waals surface area contributed by atoms with Gasteiger partial charge >= 0.3 is 0 Å². The second-order valence-corrected chi connectivity index (χ2v) is 8.40. The van der Waals surface area contributed by atoms with Crippen molar-refractivity contribution >= 4 is 23.3 Å². The number of hydrogen-bond donors (Lipinski definition) is 3. The molecule has 2 heterocycles. The Hall–Kier alpha value is -2.28. The Morgan fingerprint density at radius 1 is 1.36 bits per heavy atom. The number of nitrogens with one attached hydrogen (secondary N) is 2. The summed E-state index contributed by atoms with van der Waals surface area (Å²) in [5.74, 6) is 2.39. The van der Waals surface area contributed by atoms with E-state index in [1.165, 1.54) is 0 Å². The summed E-state index contributed by atoms with van der Waals surface area (Å²) >= 11 is 0. The second kappa shape index (κ2) is 8.39. The number of aliphatic hydroxyl groups is 1. The average molecular weight is 387 g/mol. The van der Waals surface area contributed by atoms with E-state index in [9.17, 15) is 5.11 Å². The lowest BCUT2D eigenvalue weighted by Crippen LogP contribution is -2.34. The van der Waals surface area contributed by atoms with Crippen LogP contribution in [0, 0.1) is 5.41 Å². The minimum absolute atomic E-state index is 0.0537. The van der Waals surface area contributed by atoms with Crippen LogP contribution in [-0.2, 0) is 0 Å². The third-order valence-corrected chi connectivity index (χ3v) is 5.53. The molecular weight excluding hydrogens is 352 g/mol. The Labute approximate surface area is 168 Å². The first-order valence-corrected chi connectivity index (χ1v) is 10.2. The van der Waals surface area contributed by atoms with Crippen molar-refractivity contribution in [3.63, 3.8) is 0 Å². The first-order valence-electron chi connectivity index (χ1n) is 10.2. The molecule has 7 nitrogen and oxygen atoms in total. The van der Waals surface area contributed by atoms with Gasteiger partial charge in [-0.1, -0.05) is 38.2 Å². The minimum Gasteiger partial charge on any atom is -0.394 e. The van der Waals surface area contributed by atoms with E-state index < -0.39 is 0 Å². The van der Waals surface area contributed by atoms with Crippen LogP contribution in [-0.4, -0.2) is 54.0 Å². The van der Waals surface area contributed by atoms with Gasteiger partial charge in [0.15, 0.2) is 11.6 Å². The highest BCUT2D eigenvalue weighted by molar-refractivity contribution is 5.83. The maximum absolute atomic E-state index is 9.58. The van der Waals surface area contributed by atoms with Crippen molar-refractivity contribution in [3.8, 4) is 0 Å². The number of rotatable bonds is 8. The predicted octanol–water partition coefficient (Wildman–Crippen LogP) is 3.22. The summed E-state index contributed by atoms with van der Waals surface area (Å²) in [5, 5.41) is 16.4. The molecule has 0 bridgehead atoms. The van der Waals surface area contributed by atoms with Crippen molar-refractivity contribution in [3.05, 3.63) is 24.3 Å². The Morgan fingerprint density at radius 3 is 2.75 bits per heavy atom. The summed E-state index contributed by atoms with van der Waals surface area (Å²) in [6.45, 7) is 10.3. The smallest absolute Gasteiger partial charge is 0.227 e. The molecule has 154 valence electrons. The van der Waals surface area contributed by atoms with Crippen LogP contribution in [0.15, 0.2) is 24.3 Å². The normalized spacial score (nSPS) is 21.6. The van der Waals surface area contributed by atoms with Gasteiger partial charge in [-0.25, -0.2) is 0 Å². The van der Waals surface area contributed by atoms with Crippen LogP contribution in [0.2, 0.25) is 0 Å². The molecule has 1 aliphatic heterocycles. The van der Waals surface area contributed by atoms with Gasteiger partial charge in [-0.3, -0.25) is 0 Å². The van der Waals surface area contributed by atoms with Crippen LogP contribution in [0.5, 0.6) is 0 Å². The highest BCUT2D eigenvalue weighted by Gasteiger charge is 2.31. The van der Waals surface area contributed by atoms with E-state index in [1.807, 2.05) is 6.92 Å². The minimum atomic E-state index is -0.0537. The van der Waals surface area contributed by atoms with Gasteiger partial charge in [-0.05, 0) is 26.7 Å². The lowest BCUT2D eigenvalue weighted by atomic mass is 9.83. The summed E-state index contributed by atoms with van der Waals surface area (Å²) in [5.41, 5.74) is 1.06. The molecule has 3 rings (SSSR count). The zero-order valence-electron chi connectivity index (χ0n) is 17.7. The number of anilines is 4. The lowest BCUT2D eigenvalue weighted by molar-refractivity contribution is 0.271. The molecule has 0 spiro atoms. The van der Waals surface area contributed by atoms with Crippen molar-refractivity contribution in [2.24, 2.45) is 5.41 Å². The van der Waals surface area contributed by atoms with E-state index in [0.29, 0.717) is 12.0 Å². The van der Waals surface area contributed by atoms with Gasteiger partial charge in [0.05, 0.1) is 19.3 Å². The van der Waals surface area contributed by atoms with Gasteiger partial charge in [0, 0.05) is 25.0 Å². The fourth-order valence-corrected chi connectivity index (χ4v) is 3.78. The molecule has 28 heavy (non-hydrogen) atoms. The Morgan fingerprint density at radius 2 is 2.14 bits per heavy atom. The van der Waals surface area contributed by atoms with Crippen LogP contribution in [0.1, 0.15) is 40.5 Å². The van der Waals surface area contributed by atoms with Crippen molar-refractivity contribution < 1.29 is 5.11 Å². The number of nitrogens with zero attached hydrogens (tertiary/aromatic N) is 4. The van der Waals surface area contributed by atoms with Crippen molar-refractivity contribution in [2.75, 3.05) is 47.3 Å². The molecule has 0 aromatic carbocycles. The molecule has 1 unspecified atom stereocenters. The zero-order chi connectivity index (χ0) is 20.3. The van der Waals surface area contributed by atoms with Crippen LogP contribution < -0.4 is 20.4 Å². The van der Waals surface area contributed by atoms with Gasteiger partial charge in [-0.15, -0.1) is 0 Å². The van der Waals surface area contributed by atoms with E-state index in [0.717, 1.165) is 43.4 Å². The molecule has 2 atom stereocenters. The Bertz CT molecular complexity index is 743. The summed E-state index contributed by atoms with van der Waals surface area (Å²) in [6.07, 6.45) is 10.5. The van der Waals surface area contributed by atoms with Crippen LogP contribution in [0.25, 0.3) is 0 Å². The van der Waals surface area contributed by atoms with E-state index in [-0.39, 0.29) is 18.1 Å². The van der Waals surface area contributed by atoms with Crippen molar-refractivity contribution in [2.45, 2.75) is 52.6 Å².